The lowest BCUT2D eigenvalue weighted by atomic mass is 10.1. The van der Waals surface area contributed by atoms with Crippen LogP contribution in [0.25, 0.3) is 0 Å². The molecule has 3 nitrogen and oxygen atoms in total. The van der Waals surface area contributed by atoms with Crippen molar-refractivity contribution in [1.82, 2.24) is 5.32 Å². The first-order valence-electron chi connectivity index (χ1n) is 5.64. The van der Waals surface area contributed by atoms with E-state index in [-0.39, 0.29) is 11.4 Å². The van der Waals surface area contributed by atoms with Crippen molar-refractivity contribution in [3.05, 3.63) is 35.6 Å². The summed E-state index contributed by atoms with van der Waals surface area (Å²) in [6, 6.07) is 6.24. The highest BCUT2D eigenvalue weighted by atomic mass is 19.1. The second-order valence-corrected chi connectivity index (χ2v) is 4.63. The number of rotatable bonds is 6. The summed E-state index contributed by atoms with van der Waals surface area (Å²) in [5.41, 5.74) is 0.0183. The van der Waals surface area contributed by atoms with Gasteiger partial charge >= 0.3 is 0 Å². The molecular weight excluding hydrogens is 221 g/mol. The highest BCUT2D eigenvalue weighted by Crippen LogP contribution is 2.15. The van der Waals surface area contributed by atoms with E-state index in [1.54, 1.807) is 25.3 Å². The Bertz CT molecular complexity index is 355. The topological polar surface area (TPSA) is 41.5 Å². The average Bonchev–Trinajstić information content (AvgIpc) is 2.29. The van der Waals surface area contributed by atoms with Crippen LogP contribution >= 0.6 is 0 Å². The molecule has 0 aliphatic rings. The lowest BCUT2D eigenvalue weighted by molar-refractivity contribution is 0.0207. The molecule has 1 aromatic rings. The standard InChI is InChI=1S/C13H20FNO2/c1-13(2,17-3)9-15-8-12(16)10-6-4-5-7-11(10)14/h4-7,12,15-16H,8-9H2,1-3H3. The number of methoxy groups -OCH3 is 1. The molecule has 1 aromatic carbocycles. The Morgan fingerprint density at radius 3 is 2.65 bits per heavy atom. The summed E-state index contributed by atoms with van der Waals surface area (Å²) in [5, 5.41) is 12.9. The summed E-state index contributed by atoms with van der Waals surface area (Å²) in [7, 11) is 1.63. The molecule has 0 spiro atoms. The number of halogens is 1. The van der Waals surface area contributed by atoms with Gasteiger partial charge in [-0.05, 0) is 19.9 Å². The molecule has 1 atom stereocenters. The number of hydrogen-bond acceptors (Lipinski definition) is 3. The third-order valence-corrected chi connectivity index (χ3v) is 2.71. The fourth-order valence-electron chi connectivity index (χ4n) is 1.44. The van der Waals surface area contributed by atoms with Crippen molar-refractivity contribution in [1.29, 1.82) is 0 Å². The minimum Gasteiger partial charge on any atom is -0.387 e. The Balaban J connectivity index is 2.46. The molecule has 0 saturated heterocycles. The van der Waals surface area contributed by atoms with Crippen LogP contribution in [0.4, 0.5) is 4.39 Å². The molecule has 0 bridgehead atoms. The van der Waals surface area contributed by atoms with Gasteiger partial charge in [-0.3, -0.25) is 0 Å². The van der Waals surface area contributed by atoms with Gasteiger partial charge in [0.05, 0.1) is 11.7 Å². The monoisotopic (exact) mass is 241 g/mol. The average molecular weight is 241 g/mol. The molecule has 0 amide bonds. The highest BCUT2D eigenvalue weighted by molar-refractivity contribution is 5.19. The first-order valence-corrected chi connectivity index (χ1v) is 5.64. The zero-order valence-electron chi connectivity index (χ0n) is 10.5. The van der Waals surface area contributed by atoms with Gasteiger partial charge in [-0.15, -0.1) is 0 Å². The lowest BCUT2D eigenvalue weighted by Crippen LogP contribution is -2.38. The largest absolute Gasteiger partial charge is 0.387 e. The van der Waals surface area contributed by atoms with E-state index in [4.69, 9.17) is 4.74 Å². The minimum absolute atomic E-state index is 0.297. The third-order valence-electron chi connectivity index (χ3n) is 2.71. The van der Waals surface area contributed by atoms with Gasteiger partial charge in [0.25, 0.3) is 0 Å². The van der Waals surface area contributed by atoms with Gasteiger partial charge in [0.2, 0.25) is 0 Å². The maximum atomic E-state index is 13.4. The SMILES string of the molecule is COC(C)(C)CNCC(O)c1ccccc1F. The zero-order valence-corrected chi connectivity index (χ0v) is 10.5. The molecule has 0 fully saturated rings. The molecule has 0 radical (unpaired) electrons. The lowest BCUT2D eigenvalue weighted by Gasteiger charge is -2.24. The number of aliphatic hydroxyl groups is 1. The van der Waals surface area contributed by atoms with Gasteiger partial charge in [-0.1, -0.05) is 18.2 Å². The van der Waals surface area contributed by atoms with Crippen LogP contribution in [-0.4, -0.2) is 30.9 Å². The molecule has 17 heavy (non-hydrogen) atoms. The van der Waals surface area contributed by atoms with E-state index in [9.17, 15) is 9.50 Å². The molecule has 0 heterocycles. The Labute approximate surface area is 102 Å². The third kappa shape index (κ3) is 4.42. The quantitative estimate of drug-likeness (QED) is 0.799. The van der Waals surface area contributed by atoms with Gasteiger partial charge in [0.15, 0.2) is 0 Å². The van der Waals surface area contributed by atoms with Crippen molar-refractivity contribution in [3.8, 4) is 0 Å². The van der Waals surface area contributed by atoms with Crippen LogP contribution in [0.5, 0.6) is 0 Å². The van der Waals surface area contributed by atoms with E-state index in [0.717, 1.165) is 0 Å². The fraction of sp³-hybridized carbons (Fsp3) is 0.538. The Morgan fingerprint density at radius 1 is 1.41 bits per heavy atom. The number of nitrogens with one attached hydrogen (secondary N) is 1. The predicted octanol–water partition coefficient (Wildman–Crippen LogP) is 1.87. The van der Waals surface area contributed by atoms with Crippen molar-refractivity contribution >= 4 is 0 Å². The molecule has 1 rings (SSSR count). The first kappa shape index (κ1) is 14.1. The second-order valence-electron chi connectivity index (χ2n) is 4.63. The number of ether oxygens (including phenoxy) is 1. The second kappa shape index (κ2) is 6.10. The smallest absolute Gasteiger partial charge is 0.129 e. The summed E-state index contributed by atoms with van der Waals surface area (Å²) in [4.78, 5) is 0. The van der Waals surface area contributed by atoms with Crippen molar-refractivity contribution in [3.63, 3.8) is 0 Å². The van der Waals surface area contributed by atoms with Crippen LogP contribution in [-0.2, 0) is 4.74 Å². The molecule has 0 saturated carbocycles. The molecular formula is C13H20FNO2. The Hall–Kier alpha value is -0.970. The summed E-state index contributed by atoms with van der Waals surface area (Å²) in [5.74, 6) is -0.382. The van der Waals surface area contributed by atoms with E-state index in [2.05, 4.69) is 5.32 Å². The minimum atomic E-state index is -0.844. The number of aliphatic hydroxyl groups excluding tert-OH is 1. The van der Waals surface area contributed by atoms with Crippen LogP contribution in [0.2, 0.25) is 0 Å². The summed E-state index contributed by atoms with van der Waals surface area (Å²) < 4.78 is 18.6. The summed E-state index contributed by atoms with van der Waals surface area (Å²) >= 11 is 0. The Morgan fingerprint density at radius 2 is 2.06 bits per heavy atom. The van der Waals surface area contributed by atoms with Crippen molar-refractivity contribution in [2.75, 3.05) is 20.2 Å². The van der Waals surface area contributed by atoms with E-state index in [1.165, 1.54) is 6.07 Å². The number of benzene rings is 1. The molecule has 0 aliphatic heterocycles. The maximum Gasteiger partial charge on any atom is 0.129 e. The molecule has 0 aromatic heterocycles. The van der Waals surface area contributed by atoms with Crippen molar-refractivity contribution in [2.45, 2.75) is 25.6 Å². The zero-order chi connectivity index (χ0) is 12.9. The molecule has 96 valence electrons. The molecule has 1 unspecified atom stereocenters. The molecule has 2 N–H and O–H groups in total. The molecule has 0 aliphatic carbocycles. The van der Waals surface area contributed by atoms with Crippen LogP contribution in [0.3, 0.4) is 0 Å². The van der Waals surface area contributed by atoms with Gasteiger partial charge in [-0.2, -0.15) is 0 Å². The highest BCUT2D eigenvalue weighted by Gasteiger charge is 2.17. The first-order chi connectivity index (χ1) is 7.96. The molecule has 4 heteroatoms. The summed E-state index contributed by atoms with van der Waals surface area (Å²) in [6.45, 7) is 4.77. The van der Waals surface area contributed by atoms with Crippen LogP contribution in [0.1, 0.15) is 25.5 Å². The maximum absolute atomic E-state index is 13.4. The fourth-order valence-corrected chi connectivity index (χ4v) is 1.44. The number of hydrogen-bond donors (Lipinski definition) is 2. The van der Waals surface area contributed by atoms with Crippen molar-refractivity contribution < 1.29 is 14.2 Å². The van der Waals surface area contributed by atoms with E-state index in [1.807, 2.05) is 13.8 Å². The van der Waals surface area contributed by atoms with E-state index in [0.29, 0.717) is 18.7 Å². The van der Waals surface area contributed by atoms with Crippen LogP contribution in [0.15, 0.2) is 24.3 Å². The predicted molar refractivity (Wildman–Crippen MR) is 65.3 cm³/mol. The Kier molecular flexibility index (Phi) is 5.05. The van der Waals surface area contributed by atoms with Gasteiger partial charge in [-0.25, -0.2) is 4.39 Å². The van der Waals surface area contributed by atoms with E-state index < -0.39 is 6.10 Å². The van der Waals surface area contributed by atoms with Gasteiger partial charge < -0.3 is 15.2 Å². The van der Waals surface area contributed by atoms with Crippen LogP contribution in [0, 0.1) is 5.82 Å². The summed E-state index contributed by atoms with van der Waals surface area (Å²) in [6.07, 6.45) is -0.844. The van der Waals surface area contributed by atoms with Crippen LogP contribution < -0.4 is 5.32 Å². The van der Waals surface area contributed by atoms with Gasteiger partial charge in [0, 0.05) is 25.8 Å². The van der Waals surface area contributed by atoms with E-state index >= 15 is 0 Å². The normalized spacial score (nSPS) is 13.7. The van der Waals surface area contributed by atoms with Gasteiger partial charge in [0.1, 0.15) is 5.82 Å². The van der Waals surface area contributed by atoms with Crippen molar-refractivity contribution in [2.24, 2.45) is 0 Å².